The summed E-state index contributed by atoms with van der Waals surface area (Å²) in [7, 11) is 1.64. The van der Waals surface area contributed by atoms with Crippen molar-refractivity contribution in [2.45, 2.75) is 6.42 Å². The molecule has 19 heavy (non-hydrogen) atoms. The normalized spacial score (nSPS) is 10.3. The van der Waals surface area contributed by atoms with Crippen LogP contribution < -0.4 is 15.2 Å². The minimum absolute atomic E-state index is 0.635. The summed E-state index contributed by atoms with van der Waals surface area (Å²) >= 11 is 3.47. The van der Waals surface area contributed by atoms with Crippen molar-refractivity contribution >= 4 is 15.9 Å². The molecule has 2 aromatic rings. The molecule has 0 saturated carbocycles. The zero-order valence-corrected chi connectivity index (χ0v) is 12.3. The average molecular weight is 322 g/mol. The highest BCUT2D eigenvalue weighted by atomic mass is 79.9. The van der Waals surface area contributed by atoms with Crippen molar-refractivity contribution in [2.75, 3.05) is 13.7 Å². The van der Waals surface area contributed by atoms with Gasteiger partial charge in [0, 0.05) is 0 Å². The molecule has 0 radical (unpaired) electrons. The Labute approximate surface area is 121 Å². The molecule has 0 atom stereocenters. The second kappa shape index (κ2) is 6.59. The van der Waals surface area contributed by atoms with Gasteiger partial charge in [-0.25, -0.2) is 0 Å². The standard InChI is InChI=1S/C15H16BrNO2/c1-18-12-5-6-15(14(16)10-12)19-13-4-2-3-11(9-13)7-8-17/h2-6,9-10H,7-8,17H2,1H3. The van der Waals surface area contributed by atoms with E-state index in [0.717, 1.165) is 28.1 Å². The van der Waals surface area contributed by atoms with Crippen LogP contribution in [0.2, 0.25) is 0 Å². The summed E-state index contributed by atoms with van der Waals surface area (Å²) in [6.07, 6.45) is 0.848. The minimum atomic E-state index is 0.635. The van der Waals surface area contributed by atoms with E-state index in [0.29, 0.717) is 6.54 Å². The van der Waals surface area contributed by atoms with Crippen molar-refractivity contribution < 1.29 is 9.47 Å². The number of methoxy groups -OCH3 is 1. The molecule has 0 spiro atoms. The molecular weight excluding hydrogens is 306 g/mol. The van der Waals surface area contributed by atoms with E-state index in [1.807, 2.05) is 42.5 Å². The Kier molecular flexibility index (Phi) is 4.82. The molecule has 2 aromatic carbocycles. The summed E-state index contributed by atoms with van der Waals surface area (Å²) < 4.78 is 11.9. The van der Waals surface area contributed by atoms with Gasteiger partial charge in [0.1, 0.15) is 17.2 Å². The monoisotopic (exact) mass is 321 g/mol. The lowest BCUT2D eigenvalue weighted by Crippen LogP contribution is -2.02. The molecule has 0 saturated heterocycles. The highest BCUT2D eigenvalue weighted by Crippen LogP contribution is 2.32. The van der Waals surface area contributed by atoms with Crippen molar-refractivity contribution in [3.63, 3.8) is 0 Å². The largest absolute Gasteiger partial charge is 0.497 e. The Balaban J connectivity index is 2.18. The van der Waals surface area contributed by atoms with Crippen LogP contribution in [0.5, 0.6) is 17.2 Å². The van der Waals surface area contributed by atoms with Gasteiger partial charge in [0.25, 0.3) is 0 Å². The third kappa shape index (κ3) is 3.72. The molecule has 0 unspecified atom stereocenters. The van der Waals surface area contributed by atoms with Gasteiger partial charge in [-0.2, -0.15) is 0 Å². The summed E-state index contributed by atoms with van der Waals surface area (Å²) in [6, 6.07) is 13.6. The van der Waals surface area contributed by atoms with Crippen LogP contribution in [0.4, 0.5) is 0 Å². The van der Waals surface area contributed by atoms with Crippen LogP contribution in [0.3, 0.4) is 0 Å². The quantitative estimate of drug-likeness (QED) is 0.912. The van der Waals surface area contributed by atoms with E-state index in [1.54, 1.807) is 7.11 Å². The van der Waals surface area contributed by atoms with Crippen molar-refractivity contribution in [1.82, 2.24) is 0 Å². The molecule has 0 amide bonds. The highest BCUT2D eigenvalue weighted by molar-refractivity contribution is 9.10. The van der Waals surface area contributed by atoms with Crippen LogP contribution in [0.25, 0.3) is 0 Å². The summed E-state index contributed by atoms with van der Waals surface area (Å²) in [4.78, 5) is 0. The molecule has 4 heteroatoms. The predicted molar refractivity (Wildman–Crippen MR) is 80.0 cm³/mol. The fourth-order valence-corrected chi connectivity index (χ4v) is 2.19. The molecule has 0 fully saturated rings. The van der Waals surface area contributed by atoms with Crippen molar-refractivity contribution in [3.05, 3.63) is 52.5 Å². The van der Waals surface area contributed by atoms with Gasteiger partial charge < -0.3 is 15.2 Å². The molecule has 100 valence electrons. The number of halogens is 1. The van der Waals surface area contributed by atoms with Gasteiger partial charge in [-0.05, 0) is 64.8 Å². The van der Waals surface area contributed by atoms with E-state index in [9.17, 15) is 0 Å². The lowest BCUT2D eigenvalue weighted by Gasteiger charge is -2.10. The zero-order chi connectivity index (χ0) is 13.7. The van der Waals surface area contributed by atoms with Gasteiger partial charge in [0.15, 0.2) is 0 Å². The van der Waals surface area contributed by atoms with Gasteiger partial charge in [-0.15, -0.1) is 0 Å². The van der Waals surface area contributed by atoms with Gasteiger partial charge in [-0.3, -0.25) is 0 Å². The third-order valence-electron chi connectivity index (χ3n) is 2.70. The molecule has 0 aliphatic rings. The molecule has 2 N–H and O–H groups in total. The fourth-order valence-electron chi connectivity index (χ4n) is 1.75. The average Bonchev–Trinajstić information content (AvgIpc) is 2.42. The van der Waals surface area contributed by atoms with Gasteiger partial charge in [0.05, 0.1) is 11.6 Å². The molecule has 0 aromatic heterocycles. The van der Waals surface area contributed by atoms with E-state index in [4.69, 9.17) is 15.2 Å². The van der Waals surface area contributed by atoms with Crippen LogP contribution in [-0.2, 0) is 6.42 Å². The van der Waals surface area contributed by atoms with Gasteiger partial charge in [-0.1, -0.05) is 12.1 Å². The van der Waals surface area contributed by atoms with E-state index in [-0.39, 0.29) is 0 Å². The van der Waals surface area contributed by atoms with Crippen LogP contribution in [0.1, 0.15) is 5.56 Å². The smallest absolute Gasteiger partial charge is 0.141 e. The van der Waals surface area contributed by atoms with Crippen LogP contribution >= 0.6 is 15.9 Å². The number of nitrogens with two attached hydrogens (primary N) is 1. The highest BCUT2D eigenvalue weighted by Gasteiger charge is 2.05. The topological polar surface area (TPSA) is 44.5 Å². The Morgan fingerprint density at radius 2 is 1.95 bits per heavy atom. The number of hydrogen-bond donors (Lipinski definition) is 1. The SMILES string of the molecule is COc1ccc(Oc2cccc(CCN)c2)c(Br)c1. The van der Waals surface area contributed by atoms with Crippen molar-refractivity contribution in [2.24, 2.45) is 5.73 Å². The summed E-state index contributed by atoms with van der Waals surface area (Å²) in [5.74, 6) is 2.35. The first-order chi connectivity index (χ1) is 9.22. The molecule has 0 aliphatic heterocycles. The molecule has 0 aliphatic carbocycles. The van der Waals surface area contributed by atoms with E-state index >= 15 is 0 Å². The molecule has 3 nitrogen and oxygen atoms in total. The maximum absolute atomic E-state index is 5.85. The van der Waals surface area contributed by atoms with E-state index < -0.39 is 0 Å². The zero-order valence-electron chi connectivity index (χ0n) is 10.7. The predicted octanol–water partition coefficient (Wildman–Crippen LogP) is 3.75. The number of benzene rings is 2. The summed E-state index contributed by atoms with van der Waals surface area (Å²) in [6.45, 7) is 0.635. The molecular formula is C15H16BrNO2. The second-order valence-electron chi connectivity index (χ2n) is 4.08. The lowest BCUT2D eigenvalue weighted by atomic mass is 10.1. The van der Waals surface area contributed by atoms with Gasteiger partial charge >= 0.3 is 0 Å². The maximum Gasteiger partial charge on any atom is 0.141 e. The number of ether oxygens (including phenoxy) is 2. The van der Waals surface area contributed by atoms with E-state index in [1.165, 1.54) is 5.56 Å². The van der Waals surface area contributed by atoms with Crippen molar-refractivity contribution in [1.29, 1.82) is 0 Å². The lowest BCUT2D eigenvalue weighted by molar-refractivity contribution is 0.412. The van der Waals surface area contributed by atoms with Crippen LogP contribution in [0, 0.1) is 0 Å². The number of rotatable bonds is 5. The molecule has 0 heterocycles. The first kappa shape index (κ1) is 13.9. The van der Waals surface area contributed by atoms with E-state index in [2.05, 4.69) is 15.9 Å². The minimum Gasteiger partial charge on any atom is -0.497 e. The maximum atomic E-state index is 5.85. The first-order valence-corrected chi connectivity index (χ1v) is 6.82. The fraction of sp³-hybridized carbons (Fsp3) is 0.200. The van der Waals surface area contributed by atoms with Crippen molar-refractivity contribution in [3.8, 4) is 17.2 Å². The molecule has 0 bridgehead atoms. The summed E-state index contributed by atoms with van der Waals surface area (Å²) in [5, 5.41) is 0. The Morgan fingerprint density at radius 1 is 1.11 bits per heavy atom. The Bertz CT molecular complexity index is 558. The number of hydrogen-bond acceptors (Lipinski definition) is 3. The summed E-state index contributed by atoms with van der Waals surface area (Å²) in [5.41, 5.74) is 6.73. The Morgan fingerprint density at radius 3 is 2.63 bits per heavy atom. The Hall–Kier alpha value is -1.52. The second-order valence-corrected chi connectivity index (χ2v) is 4.94. The van der Waals surface area contributed by atoms with Gasteiger partial charge in [0.2, 0.25) is 0 Å². The molecule has 2 rings (SSSR count). The first-order valence-electron chi connectivity index (χ1n) is 6.03. The van der Waals surface area contributed by atoms with Crippen LogP contribution in [-0.4, -0.2) is 13.7 Å². The third-order valence-corrected chi connectivity index (χ3v) is 3.32. The van der Waals surface area contributed by atoms with Crippen LogP contribution in [0.15, 0.2) is 46.9 Å².